The number of carbonyl (C=O) groups is 2. The minimum Gasteiger partial charge on any atom is -0.357 e. The number of halogens is 1. The van der Waals surface area contributed by atoms with Crippen LogP contribution in [0.1, 0.15) is 22.3 Å². The number of likely N-dealkylation sites (N-methyl/N-ethyl adjacent to an activating group) is 1. The predicted octanol–water partition coefficient (Wildman–Crippen LogP) is 4.06. The van der Waals surface area contributed by atoms with Crippen LogP contribution in [0.15, 0.2) is 77.3 Å². The Morgan fingerprint density at radius 2 is 1.56 bits per heavy atom. The molecule has 3 rings (SSSR count). The highest BCUT2D eigenvalue weighted by Gasteiger charge is 2.34. The van der Waals surface area contributed by atoms with Gasteiger partial charge in [-0.15, -0.1) is 0 Å². The van der Waals surface area contributed by atoms with Gasteiger partial charge < -0.3 is 10.2 Å². The van der Waals surface area contributed by atoms with Crippen LogP contribution < -0.4 is 9.62 Å². The number of benzene rings is 3. The molecule has 3 aromatic rings. The summed E-state index contributed by atoms with van der Waals surface area (Å²) in [6.45, 7) is 3.33. The van der Waals surface area contributed by atoms with Crippen LogP contribution in [0.3, 0.4) is 0 Å². The maximum atomic E-state index is 14.1. The Balaban J connectivity index is 2.09. The molecule has 0 bridgehead atoms. The molecule has 0 aliphatic rings. The van der Waals surface area contributed by atoms with Gasteiger partial charge in [0.15, 0.2) is 0 Å². The van der Waals surface area contributed by atoms with E-state index in [1.807, 2.05) is 73.7 Å². The Kier molecular flexibility index (Phi) is 10.3. The highest BCUT2D eigenvalue weighted by Crippen LogP contribution is 2.26. The molecule has 0 unspecified atom stereocenters. The summed E-state index contributed by atoms with van der Waals surface area (Å²) >= 11 is 3.43. The molecule has 0 spiro atoms. The maximum absolute atomic E-state index is 14.1. The lowest BCUT2D eigenvalue weighted by atomic mass is 10.0. The summed E-state index contributed by atoms with van der Waals surface area (Å²) in [7, 11) is 0.355. The standard InChI is InChI=1S/C29H35BrN4O4S/c1-21-11-12-22(2)26(17-21)34(39(37,38)32(4)5)20-28(35)33(19-24-13-15-25(30)16-14-24)27(29(36)31-3)18-23-9-7-6-8-10-23/h6-17,27H,18-20H2,1-5H3,(H,31,36)/t27-/m1/s1. The summed E-state index contributed by atoms with van der Waals surface area (Å²) < 4.78 is 30.1. The molecule has 0 saturated heterocycles. The number of carbonyl (C=O) groups excluding carboxylic acids is 2. The van der Waals surface area contributed by atoms with Crippen molar-refractivity contribution in [2.24, 2.45) is 0 Å². The van der Waals surface area contributed by atoms with Crippen LogP contribution in [0, 0.1) is 13.8 Å². The smallest absolute Gasteiger partial charge is 0.304 e. The first kappa shape index (κ1) is 30.3. The molecule has 0 aliphatic heterocycles. The summed E-state index contributed by atoms with van der Waals surface area (Å²) in [5.41, 5.74) is 3.68. The number of amides is 2. The van der Waals surface area contributed by atoms with Gasteiger partial charge >= 0.3 is 10.2 Å². The molecule has 1 N–H and O–H groups in total. The van der Waals surface area contributed by atoms with Gasteiger partial charge in [-0.05, 0) is 54.3 Å². The molecule has 1 atom stereocenters. The zero-order valence-corrected chi connectivity index (χ0v) is 25.3. The van der Waals surface area contributed by atoms with Gasteiger partial charge in [0.2, 0.25) is 11.8 Å². The van der Waals surface area contributed by atoms with Crippen molar-refractivity contribution in [2.75, 3.05) is 32.0 Å². The van der Waals surface area contributed by atoms with Crippen LogP contribution in [0.2, 0.25) is 0 Å². The van der Waals surface area contributed by atoms with E-state index in [0.717, 1.165) is 29.8 Å². The van der Waals surface area contributed by atoms with Crippen molar-refractivity contribution in [2.45, 2.75) is 32.9 Å². The SMILES string of the molecule is CNC(=O)[C@@H](Cc1ccccc1)N(Cc1ccc(Br)cc1)C(=O)CN(c1cc(C)ccc1C)S(=O)(=O)N(C)C. The number of nitrogens with zero attached hydrogens (tertiary/aromatic N) is 3. The lowest BCUT2D eigenvalue weighted by Gasteiger charge is -2.34. The van der Waals surface area contributed by atoms with Gasteiger partial charge in [-0.25, -0.2) is 4.31 Å². The third-order valence-corrected chi connectivity index (χ3v) is 8.77. The van der Waals surface area contributed by atoms with E-state index >= 15 is 0 Å². The fourth-order valence-electron chi connectivity index (χ4n) is 4.20. The Labute approximate surface area is 239 Å². The van der Waals surface area contributed by atoms with Gasteiger partial charge in [-0.2, -0.15) is 12.7 Å². The molecule has 3 aromatic carbocycles. The zero-order chi connectivity index (χ0) is 28.7. The van der Waals surface area contributed by atoms with Crippen LogP contribution in [-0.2, 0) is 32.8 Å². The summed E-state index contributed by atoms with van der Waals surface area (Å²) in [5, 5.41) is 2.69. The number of hydrogen-bond donors (Lipinski definition) is 1. The highest BCUT2D eigenvalue weighted by molar-refractivity contribution is 9.10. The first-order valence-corrected chi connectivity index (χ1v) is 14.7. The van der Waals surface area contributed by atoms with Crippen molar-refractivity contribution in [3.05, 3.63) is 99.5 Å². The van der Waals surface area contributed by atoms with Crippen molar-refractivity contribution in [1.82, 2.24) is 14.5 Å². The lowest BCUT2D eigenvalue weighted by molar-refractivity contribution is -0.139. The molecule has 39 heavy (non-hydrogen) atoms. The largest absolute Gasteiger partial charge is 0.357 e. The third kappa shape index (κ3) is 7.68. The van der Waals surface area contributed by atoms with Crippen molar-refractivity contribution in [3.63, 3.8) is 0 Å². The van der Waals surface area contributed by atoms with E-state index in [1.54, 1.807) is 13.0 Å². The van der Waals surface area contributed by atoms with Crippen molar-refractivity contribution in [3.8, 4) is 0 Å². The predicted molar refractivity (Wildman–Crippen MR) is 159 cm³/mol. The monoisotopic (exact) mass is 614 g/mol. The minimum atomic E-state index is -4.04. The topological polar surface area (TPSA) is 90.0 Å². The van der Waals surface area contributed by atoms with Gasteiger partial charge in [-0.3, -0.25) is 9.59 Å². The third-order valence-electron chi connectivity index (χ3n) is 6.44. The summed E-state index contributed by atoms with van der Waals surface area (Å²) in [6, 6.07) is 21.5. The first-order chi connectivity index (χ1) is 18.4. The quantitative estimate of drug-likeness (QED) is 0.353. The molecule has 0 saturated carbocycles. The molecule has 0 aliphatic carbocycles. The van der Waals surface area contributed by atoms with Gasteiger partial charge in [0.1, 0.15) is 12.6 Å². The molecule has 0 aromatic heterocycles. The lowest BCUT2D eigenvalue weighted by Crippen LogP contribution is -2.54. The van der Waals surface area contributed by atoms with Gasteiger partial charge in [-0.1, -0.05) is 70.5 Å². The zero-order valence-electron chi connectivity index (χ0n) is 22.9. The van der Waals surface area contributed by atoms with Crippen molar-refractivity contribution in [1.29, 1.82) is 0 Å². The van der Waals surface area contributed by atoms with E-state index in [0.29, 0.717) is 11.3 Å². The number of rotatable bonds is 11. The van der Waals surface area contributed by atoms with E-state index in [-0.39, 0.29) is 18.9 Å². The summed E-state index contributed by atoms with van der Waals surface area (Å²) in [4.78, 5) is 28.8. The molecular weight excluding hydrogens is 580 g/mol. The molecule has 10 heteroatoms. The molecular formula is C29H35BrN4O4S. The Morgan fingerprint density at radius 3 is 2.15 bits per heavy atom. The normalized spacial score (nSPS) is 12.2. The Bertz CT molecular complexity index is 1400. The number of aryl methyl sites for hydroxylation is 2. The molecule has 0 fully saturated rings. The van der Waals surface area contributed by atoms with E-state index in [4.69, 9.17) is 0 Å². The highest BCUT2D eigenvalue weighted by atomic mass is 79.9. The fourth-order valence-corrected chi connectivity index (χ4v) is 5.57. The van der Waals surface area contributed by atoms with Gasteiger partial charge in [0, 0.05) is 38.6 Å². The second kappa shape index (κ2) is 13.2. The molecule has 8 nitrogen and oxygen atoms in total. The average molecular weight is 616 g/mol. The minimum absolute atomic E-state index is 0.125. The fraction of sp³-hybridized carbons (Fsp3) is 0.310. The van der Waals surface area contributed by atoms with E-state index in [1.165, 1.54) is 26.0 Å². The molecule has 2 amide bonds. The van der Waals surface area contributed by atoms with Crippen LogP contribution >= 0.6 is 15.9 Å². The van der Waals surface area contributed by atoms with E-state index in [2.05, 4.69) is 21.2 Å². The van der Waals surface area contributed by atoms with Crippen LogP contribution in [-0.4, -0.2) is 63.2 Å². The second-order valence-electron chi connectivity index (χ2n) is 9.55. The van der Waals surface area contributed by atoms with Crippen LogP contribution in [0.5, 0.6) is 0 Å². The van der Waals surface area contributed by atoms with E-state index in [9.17, 15) is 18.0 Å². The van der Waals surface area contributed by atoms with Crippen molar-refractivity contribution >= 4 is 43.6 Å². The molecule has 208 valence electrons. The van der Waals surface area contributed by atoms with Crippen LogP contribution in [0.25, 0.3) is 0 Å². The number of nitrogens with one attached hydrogen (secondary N) is 1. The van der Waals surface area contributed by atoms with Crippen molar-refractivity contribution < 1.29 is 18.0 Å². The van der Waals surface area contributed by atoms with Crippen LogP contribution in [0.4, 0.5) is 5.69 Å². The van der Waals surface area contributed by atoms with E-state index < -0.39 is 28.7 Å². The molecule has 0 radical (unpaired) electrons. The van der Waals surface area contributed by atoms with Gasteiger partial charge in [0.25, 0.3) is 0 Å². The van der Waals surface area contributed by atoms with Gasteiger partial charge in [0.05, 0.1) is 5.69 Å². The molecule has 0 heterocycles. The average Bonchev–Trinajstić information content (AvgIpc) is 2.91. The first-order valence-electron chi connectivity index (χ1n) is 12.5. The number of hydrogen-bond acceptors (Lipinski definition) is 4. The Morgan fingerprint density at radius 1 is 0.923 bits per heavy atom. The Hall–Kier alpha value is -3.21. The number of anilines is 1. The maximum Gasteiger partial charge on any atom is 0.304 e. The second-order valence-corrected chi connectivity index (χ2v) is 12.5. The summed E-state index contributed by atoms with van der Waals surface area (Å²) in [5.74, 6) is -0.827. The summed E-state index contributed by atoms with van der Waals surface area (Å²) in [6.07, 6.45) is 0.271.